The van der Waals surface area contributed by atoms with E-state index in [1.54, 1.807) is 6.92 Å². The van der Waals surface area contributed by atoms with Crippen LogP contribution in [0.15, 0.2) is 28.7 Å². The molecule has 146 valence electrons. The van der Waals surface area contributed by atoms with Gasteiger partial charge in [0.05, 0.1) is 17.6 Å². The van der Waals surface area contributed by atoms with Crippen molar-refractivity contribution in [3.63, 3.8) is 0 Å². The van der Waals surface area contributed by atoms with Crippen LogP contribution in [0.25, 0.3) is 11.5 Å². The molecule has 1 fully saturated rings. The number of ether oxygens (including phenoxy) is 1. The Morgan fingerprint density at radius 2 is 1.96 bits per heavy atom. The Kier molecular flexibility index (Phi) is 6.11. The van der Waals surface area contributed by atoms with Crippen molar-refractivity contribution in [2.75, 3.05) is 12.4 Å². The second kappa shape index (κ2) is 8.35. The average molecular weight is 391 g/mol. The lowest BCUT2D eigenvalue weighted by molar-refractivity contribution is -0.117. The number of aromatic nitrogens is 1. The summed E-state index contributed by atoms with van der Waals surface area (Å²) in [6.07, 6.45) is 2.86. The molecule has 1 saturated heterocycles. The Labute approximate surface area is 159 Å². The zero-order valence-electron chi connectivity index (χ0n) is 15.7. The van der Waals surface area contributed by atoms with Crippen molar-refractivity contribution in [3.8, 4) is 11.5 Å². The zero-order valence-corrected chi connectivity index (χ0v) is 16.5. The number of rotatable bonds is 8. The summed E-state index contributed by atoms with van der Waals surface area (Å²) < 4.78 is 35.9. The van der Waals surface area contributed by atoms with Crippen LogP contribution in [0.2, 0.25) is 0 Å². The highest BCUT2D eigenvalue weighted by molar-refractivity contribution is 7.91. The quantitative estimate of drug-likeness (QED) is 0.685. The maximum Gasteiger partial charge on any atom is 0.226 e. The van der Waals surface area contributed by atoms with Crippen molar-refractivity contribution in [1.29, 1.82) is 0 Å². The molecular weight excluding hydrogens is 366 g/mol. The van der Waals surface area contributed by atoms with Gasteiger partial charge in [0, 0.05) is 18.6 Å². The van der Waals surface area contributed by atoms with Gasteiger partial charge in [0.15, 0.2) is 9.84 Å². The van der Waals surface area contributed by atoms with Gasteiger partial charge < -0.3 is 9.15 Å². The van der Waals surface area contributed by atoms with Crippen LogP contribution in [0.1, 0.15) is 42.7 Å². The Bertz CT molecular complexity index is 893. The highest BCUT2D eigenvalue weighted by atomic mass is 32.2. The first-order chi connectivity index (χ1) is 12.8. The molecule has 0 bridgehead atoms. The number of carbonyl (C=O) groups excluding carboxylic acids is 1. The number of oxazole rings is 1. The topological polar surface area (TPSA) is 86.5 Å². The lowest BCUT2D eigenvalue weighted by Gasteiger charge is -2.08. The van der Waals surface area contributed by atoms with E-state index in [1.165, 1.54) is 0 Å². The van der Waals surface area contributed by atoms with E-state index in [-0.39, 0.29) is 24.1 Å². The molecule has 1 aromatic carbocycles. The molecule has 0 spiro atoms. The fourth-order valence-corrected chi connectivity index (χ4v) is 4.57. The summed E-state index contributed by atoms with van der Waals surface area (Å²) in [5, 5.41) is 0. The SMILES string of the molecule is Cc1ccc(-c2nc(CS(=O)(=O)CC(=O)CCC3CCCO3)c(C)o2)cc1. The third-order valence-electron chi connectivity index (χ3n) is 4.70. The van der Waals surface area contributed by atoms with Crippen LogP contribution in [-0.2, 0) is 25.1 Å². The van der Waals surface area contributed by atoms with Crippen molar-refractivity contribution < 1.29 is 22.4 Å². The van der Waals surface area contributed by atoms with Gasteiger partial charge in [-0.15, -0.1) is 0 Å². The van der Waals surface area contributed by atoms with E-state index in [1.807, 2.05) is 31.2 Å². The number of hydrogen-bond donors (Lipinski definition) is 0. The molecule has 1 aromatic heterocycles. The van der Waals surface area contributed by atoms with Gasteiger partial charge in [-0.2, -0.15) is 0 Å². The minimum atomic E-state index is -3.59. The summed E-state index contributed by atoms with van der Waals surface area (Å²) in [6.45, 7) is 4.40. The zero-order chi connectivity index (χ0) is 19.4. The van der Waals surface area contributed by atoms with Crippen LogP contribution < -0.4 is 0 Å². The van der Waals surface area contributed by atoms with Gasteiger partial charge in [-0.05, 0) is 45.2 Å². The van der Waals surface area contributed by atoms with Crippen molar-refractivity contribution in [2.24, 2.45) is 0 Å². The van der Waals surface area contributed by atoms with E-state index in [2.05, 4.69) is 4.98 Å². The molecule has 1 aliphatic heterocycles. The third-order valence-corrected chi connectivity index (χ3v) is 6.17. The third kappa shape index (κ3) is 5.49. The van der Waals surface area contributed by atoms with Gasteiger partial charge in [0.2, 0.25) is 5.89 Å². The molecule has 2 aromatic rings. The van der Waals surface area contributed by atoms with E-state index in [9.17, 15) is 13.2 Å². The summed E-state index contributed by atoms with van der Waals surface area (Å²) >= 11 is 0. The smallest absolute Gasteiger partial charge is 0.226 e. The molecule has 0 saturated carbocycles. The molecule has 2 heterocycles. The average Bonchev–Trinajstić information content (AvgIpc) is 3.23. The second-order valence-electron chi connectivity index (χ2n) is 7.13. The predicted molar refractivity (Wildman–Crippen MR) is 102 cm³/mol. The van der Waals surface area contributed by atoms with Crippen molar-refractivity contribution in [2.45, 2.75) is 51.4 Å². The summed E-state index contributed by atoms with van der Waals surface area (Å²) in [4.78, 5) is 16.4. The number of ketones is 1. The van der Waals surface area contributed by atoms with Crippen LogP contribution in [-0.4, -0.2) is 37.6 Å². The summed E-state index contributed by atoms with van der Waals surface area (Å²) in [5.41, 5.74) is 2.27. The lowest BCUT2D eigenvalue weighted by Crippen LogP contribution is -2.19. The van der Waals surface area contributed by atoms with Gasteiger partial charge in [0.1, 0.15) is 17.3 Å². The number of aryl methyl sites for hydroxylation is 2. The Morgan fingerprint density at radius 1 is 1.22 bits per heavy atom. The van der Waals surface area contributed by atoms with Crippen molar-refractivity contribution in [3.05, 3.63) is 41.3 Å². The normalized spacial score (nSPS) is 17.3. The Balaban J connectivity index is 1.61. The van der Waals surface area contributed by atoms with Crippen LogP contribution >= 0.6 is 0 Å². The molecule has 0 aliphatic carbocycles. The maximum absolute atomic E-state index is 12.4. The number of carbonyl (C=O) groups is 1. The molecule has 1 atom stereocenters. The summed E-state index contributed by atoms with van der Waals surface area (Å²) in [6, 6.07) is 7.65. The summed E-state index contributed by atoms with van der Waals surface area (Å²) in [7, 11) is -3.59. The van der Waals surface area contributed by atoms with E-state index in [4.69, 9.17) is 9.15 Å². The molecule has 6 nitrogen and oxygen atoms in total. The van der Waals surface area contributed by atoms with Crippen molar-refractivity contribution >= 4 is 15.6 Å². The molecule has 0 N–H and O–H groups in total. The number of Topliss-reactive ketones (excluding diaryl/α,β-unsaturated/α-hetero) is 1. The number of benzene rings is 1. The Morgan fingerprint density at radius 3 is 2.63 bits per heavy atom. The molecule has 7 heteroatoms. The maximum atomic E-state index is 12.4. The van der Waals surface area contributed by atoms with Crippen LogP contribution in [0.4, 0.5) is 0 Å². The largest absolute Gasteiger partial charge is 0.441 e. The van der Waals surface area contributed by atoms with Crippen LogP contribution in [0.3, 0.4) is 0 Å². The first kappa shape index (κ1) is 19.8. The van der Waals surface area contributed by atoms with Crippen LogP contribution in [0, 0.1) is 13.8 Å². The summed E-state index contributed by atoms with van der Waals surface area (Å²) in [5.74, 6) is -0.181. The Hall–Kier alpha value is -1.99. The van der Waals surface area contributed by atoms with E-state index < -0.39 is 15.6 Å². The van der Waals surface area contributed by atoms with E-state index in [0.29, 0.717) is 23.8 Å². The van der Waals surface area contributed by atoms with Gasteiger partial charge in [-0.1, -0.05) is 17.7 Å². The predicted octanol–water partition coefficient (Wildman–Crippen LogP) is 3.40. The minimum Gasteiger partial charge on any atom is -0.441 e. The molecule has 27 heavy (non-hydrogen) atoms. The van der Waals surface area contributed by atoms with E-state index >= 15 is 0 Å². The van der Waals surface area contributed by atoms with Gasteiger partial charge in [-0.3, -0.25) is 4.79 Å². The number of sulfone groups is 1. The highest BCUT2D eigenvalue weighted by Gasteiger charge is 2.23. The van der Waals surface area contributed by atoms with Gasteiger partial charge >= 0.3 is 0 Å². The van der Waals surface area contributed by atoms with E-state index in [0.717, 1.165) is 30.6 Å². The van der Waals surface area contributed by atoms with Crippen molar-refractivity contribution in [1.82, 2.24) is 4.98 Å². The fraction of sp³-hybridized carbons (Fsp3) is 0.500. The standard InChI is InChI=1S/C20H25NO5S/c1-14-5-7-16(8-6-14)20-21-19(15(2)26-20)13-27(23,24)12-17(22)9-10-18-4-3-11-25-18/h5-8,18H,3-4,9-13H2,1-2H3. The lowest BCUT2D eigenvalue weighted by atomic mass is 10.1. The molecule has 1 unspecified atom stereocenters. The van der Waals surface area contributed by atoms with Gasteiger partial charge in [-0.25, -0.2) is 13.4 Å². The van der Waals surface area contributed by atoms with Crippen LogP contribution in [0.5, 0.6) is 0 Å². The number of hydrogen-bond acceptors (Lipinski definition) is 6. The molecule has 1 aliphatic rings. The molecule has 0 radical (unpaired) electrons. The number of nitrogens with zero attached hydrogens (tertiary/aromatic N) is 1. The highest BCUT2D eigenvalue weighted by Crippen LogP contribution is 2.23. The minimum absolute atomic E-state index is 0.0894. The molecule has 0 amide bonds. The first-order valence-electron chi connectivity index (χ1n) is 9.19. The van der Waals surface area contributed by atoms with Gasteiger partial charge in [0.25, 0.3) is 0 Å². The molecule has 3 rings (SSSR count). The first-order valence-corrected chi connectivity index (χ1v) is 11.0. The molecular formula is C20H25NO5S. The second-order valence-corrected chi connectivity index (χ2v) is 9.20. The fourth-order valence-electron chi connectivity index (χ4n) is 3.15. The monoisotopic (exact) mass is 391 g/mol.